The van der Waals surface area contributed by atoms with Crippen LogP contribution in [0, 0.1) is 4.64 Å². The second kappa shape index (κ2) is 4.97. The summed E-state index contributed by atoms with van der Waals surface area (Å²) in [6.45, 7) is 0. The maximum absolute atomic E-state index is 5.78. The highest BCUT2D eigenvalue weighted by Gasteiger charge is 2.23. The van der Waals surface area contributed by atoms with Gasteiger partial charge < -0.3 is 4.74 Å². The van der Waals surface area contributed by atoms with Crippen molar-refractivity contribution in [1.29, 1.82) is 0 Å². The van der Waals surface area contributed by atoms with Gasteiger partial charge in [0.1, 0.15) is 10.4 Å². The van der Waals surface area contributed by atoms with Crippen molar-refractivity contribution in [1.82, 2.24) is 10.2 Å². The quantitative estimate of drug-likeness (QED) is 0.723. The van der Waals surface area contributed by atoms with Crippen molar-refractivity contribution in [3.05, 3.63) is 53.2 Å². The Morgan fingerprint density at radius 3 is 2.43 bits per heavy atom. The summed E-state index contributed by atoms with van der Waals surface area (Å²) in [5.41, 5.74) is 1.97. The topological polar surface area (TPSA) is 37.9 Å². The van der Waals surface area contributed by atoms with Crippen molar-refractivity contribution in [2.45, 2.75) is 18.9 Å². The lowest BCUT2D eigenvalue weighted by Crippen LogP contribution is -1.96. The first kappa shape index (κ1) is 12.5. The number of hydrogen-bond donors (Lipinski definition) is 1. The second-order valence-corrected chi connectivity index (χ2v) is 5.70. The molecule has 2 aromatic carbocycles. The number of rotatable bonds is 3. The average molecular weight is 294 g/mol. The molecule has 0 amide bonds. The van der Waals surface area contributed by atoms with E-state index in [9.17, 15) is 0 Å². The van der Waals surface area contributed by atoms with E-state index in [1.165, 1.54) is 12.8 Å². The van der Waals surface area contributed by atoms with Crippen molar-refractivity contribution in [3.63, 3.8) is 0 Å². The maximum Gasteiger partial charge on any atom is 0.127 e. The van der Waals surface area contributed by atoms with E-state index in [0.29, 0.717) is 10.7 Å². The number of benzene rings is 2. The number of aromatic nitrogens is 2. The summed E-state index contributed by atoms with van der Waals surface area (Å²) in [4.78, 5) is 0. The normalized spacial score (nSPS) is 14.3. The lowest BCUT2D eigenvalue weighted by molar-refractivity contribution is 0.303. The van der Waals surface area contributed by atoms with E-state index in [2.05, 4.69) is 16.3 Å². The zero-order chi connectivity index (χ0) is 14.2. The molecule has 3 nitrogen and oxygen atoms in total. The zero-order valence-electron chi connectivity index (χ0n) is 11.4. The molecule has 1 aliphatic carbocycles. The predicted molar refractivity (Wildman–Crippen MR) is 86.0 cm³/mol. The highest BCUT2D eigenvalue weighted by atomic mass is 32.1. The SMILES string of the molecule is S=c1[nH]nc(-c2ccc(OC3CC3)cc2)c2ccccc12. The predicted octanol–water partition coefficient (Wildman–Crippen LogP) is 4.50. The van der Waals surface area contributed by atoms with Crippen LogP contribution >= 0.6 is 12.2 Å². The Bertz CT molecular complexity index is 851. The van der Waals surface area contributed by atoms with E-state index in [-0.39, 0.29) is 0 Å². The molecule has 1 N–H and O–H groups in total. The van der Waals surface area contributed by atoms with Gasteiger partial charge in [-0.05, 0) is 37.1 Å². The van der Waals surface area contributed by atoms with Crippen LogP contribution in [0.5, 0.6) is 5.75 Å². The molecular formula is C17H14N2OS. The molecule has 104 valence electrons. The summed E-state index contributed by atoms with van der Waals surface area (Å²) >= 11 is 5.30. The minimum absolute atomic E-state index is 0.419. The van der Waals surface area contributed by atoms with Crippen LogP contribution in [-0.4, -0.2) is 16.3 Å². The van der Waals surface area contributed by atoms with Gasteiger partial charge in [0.05, 0.1) is 11.8 Å². The van der Waals surface area contributed by atoms with Crippen molar-refractivity contribution in [2.24, 2.45) is 0 Å². The molecule has 3 aromatic rings. The largest absolute Gasteiger partial charge is 0.490 e. The molecule has 1 fully saturated rings. The summed E-state index contributed by atoms with van der Waals surface area (Å²) in [5.74, 6) is 0.925. The van der Waals surface area contributed by atoms with Gasteiger partial charge in [0.2, 0.25) is 0 Å². The molecule has 0 atom stereocenters. The van der Waals surface area contributed by atoms with E-state index < -0.39 is 0 Å². The van der Waals surface area contributed by atoms with Crippen molar-refractivity contribution < 1.29 is 4.74 Å². The molecule has 0 bridgehead atoms. The third-order valence-electron chi connectivity index (χ3n) is 3.65. The summed E-state index contributed by atoms with van der Waals surface area (Å²) in [5, 5.41) is 9.43. The number of aromatic amines is 1. The molecule has 1 saturated carbocycles. The molecule has 4 rings (SSSR count). The summed E-state index contributed by atoms with van der Waals surface area (Å²) in [6, 6.07) is 16.2. The fraction of sp³-hybridized carbons (Fsp3) is 0.176. The van der Waals surface area contributed by atoms with E-state index in [1.807, 2.05) is 42.5 Å². The molecule has 21 heavy (non-hydrogen) atoms. The molecule has 0 aliphatic heterocycles. The minimum atomic E-state index is 0.419. The fourth-order valence-electron chi connectivity index (χ4n) is 2.40. The van der Waals surface area contributed by atoms with E-state index >= 15 is 0 Å². The molecular weight excluding hydrogens is 280 g/mol. The van der Waals surface area contributed by atoms with Crippen molar-refractivity contribution in [3.8, 4) is 17.0 Å². The van der Waals surface area contributed by atoms with Gasteiger partial charge in [-0.15, -0.1) is 0 Å². The smallest absolute Gasteiger partial charge is 0.127 e. The van der Waals surface area contributed by atoms with Gasteiger partial charge in [-0.3, -0.25) is 5.10 Å². The fourth-order valence-corrected chi connectivity index (χ4v) is 2.63. The lowest BCUT2D eigenvalue weighted by atomic mass is 10.1. The first-order valence-corrected chi connectivity index (χ1v) is 7.46. The summed E-state index contributed by atoms with van der Waals surface area (Å²) in [7, 11) is 0. The lowest BCUT2D eigenvalue weighted by Gasteiger charge is -2.08. The highest BCUT2D eigenvalue weighted by molar-refractivity contribution is 7.71. The van der Waals surface area contributed by atoms with E-state index in [1.54, 1.807) is 0 Å². The van der Waals surface area contributed by atoms with Crippen LogP contribution in [0.4, 0.5) is 0 Å². The van der Waals surface area contributed by atoms with Gasteiger partial charge in [0, 0.05) is 16.3 Å². The number of hydrogen-bond acceptors (Lipinski definition) is 3. The molecule has 1 aromatic heterocycles. The number of nitrogens with one attached hydrogen (secondary N) is 1. The van der Waals surface area contributed by atoms with Crippen LogP contribution in [0.3, 0.4) is 0 Å². The van der Waals surface area contributed by atoms with Crippen molar-refractivity contribution >= 4 is 23.0 Å². The third kappa shape index (κ3) is 2.43. The molecule has 0 radical (unpaired) electrons. The Kier molecular flexibility index (Phi) is 2.97. The van der Waals surface area contributed by atoms with Gasteiger partial charge in [0.15, 0.2) is 0 Å². The Hall–Kier alpha value is -2.20. The van der Waals surface area contributed by atoms with Crippen LogP contribution in [0.25, 0.3) is 22.0 Å². The zero-order valence-corrected chi connectivity index (χ0v) is 12.2. The van der Waals surface area contributed by atoms with Crippen molar-refractivity contribution in [2.75, 3.05) is 0 Å². The van der Waals surface area contributed by atoms with Gasteiger partial charge in [-0.2, -0.15) is 5.10 Å². The Labute approximate surface area is 127 Å². The monoisotopic (exact) mass is 294 g/mol. The molecule has 0 spiro atoms. The van der Waals surface area contributed by atoms with Crippen LogP contribution in [0.2, 0.25) is 0 Å². The third-order valence-corrected chi connectivity index (χ3v) is 3.96. The van der Waals surface area contributed by atoms with Gasteiger partial charge in [0.25, 0.3) is 0 Å². The number of ether oxygens (including phenoxy) is 1. The van der Waals surface area contributed by atoms with Crippen LogP contribution < -0.4 is 4.74 Å². The van der Waals surface area contributed by atoms with Gasteiger partial charge in [-0.1, -0.05) is 36.5 Å². The molecule has 1 heterocycles. The Morgan fingerprint density at radius 1 is 1.00 bits per heavy atom. The van der Waals surface area contributed by atoms with Crippen LogP contribution in [0.1, 0.15) is 12.8 Å². The first-order valence-electron chi connectivity index (χ1n) is 7.06. The van der Waals surface area contributed by atoms with Gasteiger partial charge in [-0.25, -0.2) is 0 Å². The number of H-pyrrole nitrogens is 1. The van der Waals surface area contributed by atoms with Crippen LogP contribution in [0.15, 0.2) is 48.5 Å². The van der Waals surface area contributed by atoms with Gasteiger partial charge >= 0.3 is 0 Å². The molecule has 0 unspecified atom stereocenters. The highest BCUT2D eigenvalue weighted by Crippen LogP contribution is 2.30. The minimum Gasteiger partial charge on any atom is -0.490 e. The molecule has 1 aliphatic rings. The number of nitrogens with zero attached hydrogens (tertiary/aromatic N) is 1. The van der Waals surface area contributed by atoms with Crippen LogP contribution in [-0.2, 0) is 0 Å². The average Bonchev–Trinajstić information content (AvgIpc) is 3.33. The summed E-state index contributed by atoms with van der Waals surface area (Å²) < 4.78 is 6.45. The maximum atomic E-state index is 5.78. The van der Waals surface area contributed by atoms with E-state index in [0.717, 1.165) is 27.8 Å². The molecule has 4 heteroatoms. The Balaban J connectivity index is 1.78. The van der Waals surface area contributed by atoms with E-state index in [4.69, 9.17) is 17.0 Å². The first-order chi connectivity index (χ1) is 10.3. The number of fused-ring (bicyclic) bond motifs is 1. The Morgan fingerprint density at radius 2 is 1.71 bits per heavy atom. The summed E-state index contributed by atoms with van der Waals surface area (Å²) in [6.07, 6.45) is 2.76. The second-order valence-electron chi connectivity index (χ2n) is 5.29. The molecule has 0 saturated heterocycles. The standard InChI is InChI=1S/C17H14N2OS/c21-17-15-4-2-1-3-14(15)16(18-19-17)11-5-7-12(8-6-11)20-13-9-10-13/h1-8,13H,9-10H2,(H,19,21).